The highest BCUT2D eigenvalue weighted by Crippen LogP contribution is 2.55. The van der Waals surface area contributed by atoms with Crippen LogP contribution in [0.2, 0.25) is 25.7 Å². The molecule has 0 atom stereocenters. The maximum Gasteiger partial charge on any atom is 0.243 e. The highest BCUT2D eigenvalue weighted by Gasteiger charge is 2.53. The van der Waals surface area contributed by atoms with Gasteiger partial charge in [0.2, 0.25) is 11.8 Å². The van der Waals surface area contributed by atoms with Crippen molar-refractivity contribution in [2.24, 2.45) is 0 Å². The molecule has 0 saturated heterocycles. The molecule has 2 aliphatic heterocycles. The van der Waals surface area contributed by atoms with E-state index in [0.717, 1.165) is 147 Å². The Morgan fingerprint density at radius 3 is 2.22 bits per heavy atom. The van der Waals surface area contributed by atoms with Crippen molar-refractivity contribution < 1.29 is 14.3 Å². The molecule has 13 rings (SSSR count). The molecule has 7 aromatic rings. The van der Waals surface area contributed by atoms with E-state index in [-0.39, 0.29) is 17.2 Å². The maximum atomic E-state index is 13.8. The van der Waals surface area contributed by atoms with Crippen LogP contribution in [0.4, 0.5) is 17.2 Å². The lowest BCUT2D eigenvalue weighted by molar-refractivity contribution is -0.122. The number of hydrogen-bond donors (Lipinski definition) is 4. The third kappa shape index (κ3) is 6.20. The lowest BCUT2D eigenvalue weighted by Gasteiger charge is -2.22. The van der Waals surface area contributed by atoms with E-state index in [4.69, 9.17) is 9.84 Å². The fraction of sp³-hybridized carbons (Fsp3) is 0.431. The number of nitrogens with one attached hydrogen (secondary N) is 4. The van der Waals surface area contributed by atoms with Crippen molar-refractivity contribution in [1.82, 2.24) is 34.9 Å². The number of carbonyl (C=O) groups excluding carboxylic acids is 2. The number of ether oxygens (including phenoxy) is 1. The molecule has 328 valence electrons. The largest absolute Gasteiger partial charge is 0.360 e. The third-order valence-electron chi connectivity index (χ3n) is 15.4. The molecule has 6 aliphatic rings. The van der Waals surface area contributed by atoms with Crippen molar-refractivity contribution in [3.05, 3.63) is 94.4 Å². The van der Waals surface area contributed by atoms with E-state index in [9.17, 15) is 9.59 Å². The van der Waals surface area contributed by atoms with Crippen LogP contribution in [0.15, 0.2) is 61.1 Å². The van der Waals surface area contributed by atoms with Gasteiger partial charge in [0.1, 0.15) is 18.2 Å². The van der Waals surface area contributed by atoms with Crippen molar-refractivity contribution >= 4 is 58.9 Å². The first-order chi connectivity index (χ1) is 31.1. The molecule has 4 N–H and O–H groups in total. The number of aromatic nitrogens is 7. The van der Waals surface area contributed by atoms with Crippen LogP contribution in [0, 0.1) is 0 Å². The van der Waals surface area contributed by atoms with E-state index in [1.807, 2.05) is 34.0 Å². The van der Waals surface area contributed by atoms with E-state index in [1.165, 1.54) is 44.6 Å². The van der Waals surface area contributed by atoms with Gasteiger partial charge < -0.3 is 20.0 Å². The van der Waals surface area contributed by atoms with Gasteiger partial charge in [-0.3, -0.25) is 19.6 Å². The van der Waals surface area contributed by atoms with Crippen molar-refractivity contribution in [3.8, 4) is 22.8 Å². The number of aromatic amines is 3. The summed E-state index contributed by atoms with van der Waals surface area (Å²) in [6.07, 6.45) is 20.4. The van der Waals surface area contributed by atoms with Crippen LogP contribution < -0.4 is 10.2 Å². The van der Waals surface area contributed by atoms with Crippen LogP contribution in [0.25, 0.3) is 44.6 Å². The van der Waals surface area contributed by atoms with Crippen LogP contribution in [0.3, 0.4) is 0 Å². The Kier molecular flexibility index (Phi) is 9.25. The fourth-order valence-corrected chi connectivity index (χ4v) is 12.9. The lowest BCUT2D eigenvalue weighted by Crippen LogP contribution is -2.36. The third-order valence-corrected chi connectivity index (χ3v) is 17.1. The van der Waals surface area contributed by atoms with Gasteiger partial charge in [-0.15, -0.1) is 0 Å². The summed E-state index contributed by atoms with van der Waals surface area (Å²) in [5.41, 5.74) is 15.6. The number of pyridine rings is 1. The second-order valence-corrected chi connectivity index (χ2v) is 26.2. The summed E-state index contributed by atoms with van der Waals surface area (Å²) in [5, 5.41) is 18.1. The van der Waals surface area contributed by atoms with E-state index < -0.39 is 13.5 Å². The molecular formula is C51H57N9O3Si. The van der Waals surface area contributed by atoms with Crippen molar-refractivity contribution in [3.63, 3.8) is 0 Å². The zero-order valence-electron chi connectivity index (χ0n) is 37.3. The first-order valence-electron chi connectivity index (χ1n) is 23.7. The summed E-state index contributed by atoms with van der Waals surface area (Å²) >= 11 is 0. The molecule has 4 aliphatic carbocycles. The molecule has 2 fully saturated rings. The summed E-state index contributed by atoms with van der Waals surface area (Å²) < 4.78 is 7.92. The van der Waals surface area contributed by atoms with Crippen LogP contribution >= 0.6 is 0 Å². The average Bonchev–Trinajstić information content (AvgIpc) is 4.17. The number of rotatable bonds is 6. The summed E-state index contributed by atoms with van der Waals surface area (Å²) in [4.78, 5) is 40.5. The quantitative estimate of drug-likeness (QED) is 0.0965. The number of aryl methyl sites for hydroxylation is 4. The summed E-state index contributed by atoms with van der Waals surface area (Å²) in [7, 11) is -1.09. The Morgan fingerprint density at radius 2 is 1.47 bits per heavy atom. The normalized spacial score (nSPS) is 19.0. The number of nitrogens with zero attached hydrogens (tertiary/aromatic N) is 5. The molecule has 2 aromatic carbocycles. The molecule has 7 heterocycles. The predicted octanol–water partition coefficient (Wildman–Crippen LogP) is 10.5. The highest BCUT2D eigenvalue weighted by molar-refractivity contribution is 6.76. The van der Waals surface area contributed by atoms with Gasteiger partial charge in [-0.25, -0.2) is 9.67 Å². The first-order valence-corrected chi connectivity index (χ1v) is 27.4. The minimum absolute atomic E-state index is 0.188. The van der Waals surface area contributed by atoms with Gasteiger partial charge in [0.25, 0.3) is 0 Å². The highest BCUT2D eigenvalue weighted by atomic mass is 28.3. The van der Waals surface area contributed by atoms with Crippen LogP contribution in [-0.2, 0) is 57.6 Å². The predicted molar refractivity (Wildman–Crippen MR) is 254 cm³/mol. The maximum absolute atomic E-state index is 13.8. The second kappa shape index (κ2) is 14.9. The van der Waals surface area contributed by atoms with E-state index in [2.05, 4.69) is 80.6 Å². The number of amides is 2. The summed E-state index contributed by atoms with van der Waals surface area (Å²) in [6, 6.07) is 15.9. The molecule has 64 heavy (non-hydrogen) atoms. The zero-order chi connectivity index (χ0) is 43.4. The topological polar surface area (TPSA) is 150 Å². The van der Waals surface area contributed by atoms with Gasteiger partial charge in [-0.1, -0.05) is 51.4 Å². The van der Waals surface area contributed by atoms with Crippen molar-refractivity contribution in [1.29, 1.82) is 0 Å². The van der Waals surface area contributed by atoms with Gasteiger partial charge in [0, 0.05) is 54.6 Å². The van der Waals surface area contributed by atoms with Gasteiger partial charge in [-0.05, 0) is 140 Å². The van der Waals surface area contributed by atoms with Crippen LogP contribution in [0.1, 0.15) is 97.6 Å². The molecule has 0 bridgehead atoms. The number of benzene rings is 2. The lowest BCUT2D eigenvalue weighted by atomic mass is 9.80. The van der Waals surface area contributed by atoms with Gasteiger partial charge in [0.15, 0.2) is 0 Å². The molecule has 13 heteroatoms. The summed E-state index contributed by atoms with van der Waals surface area (Å²) in [6.45, 7) is 8.44. The number of H-pyrrole nitrogens is 3. The average molecular weight is 872 g/mol. The minimum Gasteiger partial charge on any atom is -0.360 e. The molecule has 2 amide bonds. The molecular weight excluding hydrogens is 815 g/mol. The number of carbonyl (C=O) groups is 2. The fourth-order valence-electron chi connectivity index (χ4n) is 12.1. The number of hydrogen-bond acceptors (Lipinski definition) is 6. The van der Waals surface area contributed by atoms with E-state index in [0.29, 0.717) is 12.5 Å². The molecule has 2 saturated carbocycles. The van der Waals surface area contributed by atoms with Crippen LogP contribution in [-0.4, -0.2) is 61.4 Å². The molecule has 0 unspecified atom stereocenters. The Labute approximate surface area is 374 Å². The zero-order valence-corrected chi connectivity index (χ0v) is 38.3. The monoisotopic (exact) mass is 871 g/mol. The Morgan fingerprint density at radius 1 is 0.766 bits per heavy atom. The van der Waals surface area contributed by atoms with Crippen molar-refractivity contribution in [2.45, 2.75) is 133 Å². The number of anilines is 3. The second-order valence-electron chi connectivity index (χ2n) is 20.5. The minimum atomic E-state index is -1.09. The summed E-state index contributed by atoms with van der Waals surface area (Å²) in [5.74, 6) is 1.10. The smallest absolute Gasteiger partial charge is 0.243 e. The molecule has 0 radical (unpaired) electrons. The van der Waals surface area contributed by atoms with Gasteiger partial charge in [0.05, 0.1) is 39.8 Å². The SMILES string of the molecule is C[Si](C)(C)CCOCn1cc2c(n1)-c1[nH]c3cc4c(cc3c1CCC2)NC(=O)C41CCCC1.O=C1N(c2ccccn2)c2cc3c4c([nH]c3cc2C12CCCC2)-c1[nH]ncc1CCC4. The molecule has 5 aromatic heterocycles. The van der Waals surface area contributed by atoms with Gasteiger partial charge in [-0.2, -0.15) is 10.2 Å². The Hall–Kier alpha value is -5.79. The molecule has 12 nitrogen and oxygen atoms in total. The van der Waals surface area contributed by atoms with Crippen molar-refractivity contribution in [2.75, 3.05) is 16.8 Å². The van der Waals surface area contributed by atoms with E-state index in [1.54, 1.807) is 6.20 Å². The Bertz CT molecular complexity index is 2990. The molecule has 2 spiro atoms. The van der Waals surface area contributed by atoms with Gasteiger partial charge >= 0.3 is 0 Å². The van der Waals surface area contributed by atoms with E-state index >= 15 is 0 Å². The van der Waals surface area contributed by atoms with Crippen LogP contribution in [0.5, 0.6) is 0 Å². The number of fused-ring (bicyclic) bond motifs is 14. The standard InChI is InChI=1S/C26H34N4O2Si.C25H23N5O/c1-33(2,3)12-11-32-16-30-15-17-7-6-8-18-19-13-22-20(14-21(19)27-24(18)23(17)29-30)26(25(31)28-22)9-4-5-10-26;31-24-25(9-2-3-10-25)18-13-19-17(12-20(18)30(24)21-8-1-4-11-26-21)16-7-5-6-15-14-27-29-22(15)23(16)28-19/h13-15,27H,4-12,16H2,1-3H3,(H,28,31);1,4,8,11-14,28H,2-3,5-7,9-10H2,(H,27,29). The first kappa shape index (κ1) is 39.8. The Balaban J connectivity index is 0.000000135.